The molecule has 0 amide bonds. The van der Waals surface area contributed by atoms with Gasteiger partial charge < -0.3 is 14.2 Å². The minimum atomic E-state index is -1.09. The largest absolute Gasteiger partial charge is 0.518 e. The van der Waals surface area contributed by atoms with Crippen LogP contribution in [-0.2, 0) is 14.2 Å². The van der Waals surface area contributed by atoms with Crippen molar-refractivity contribution in [2.75, 3.05) is 13.2 Å². The summed E-state index contributed by atoms with van der Waals surface area (Å²) in [6.07, 6.45) is -0.799. The van der Waals surface area contributed by atoms with E-state index < -0.39 is 12.3 Å². The van der Waals surface area contributed by atoms with Gasteiger partial charge >= 0.3 is 12.3 Å². The van der Waals surface area contributed by atoms with Gasteiger partial charge in [-0.05, 0) is 6.92 Å². The molecule has 5 nitrogen and oxygen atoms in total. The van der Waals surface area contributed by atoms with Crippen LogP contribution >= 0.6 is 0 Å². The number of hydrogen-bond donors (Lipinski definition) is 0. The molecule has 0 aromatic heterocycles. The Balaban J connectivity index is 3.54. The van der Waals surface area contributed by atoms with Gasteiger partial charge in [0.2, 0.25) is 0 Å². The SMILES string of the molecule is C=CCOC(=O)OC(=O)OCC. The number of rotatable bonds is 3. The van der Waals surface area contributed by atoms with Gasteiger partial charge in [-0.1, -0.05) is 12.7 Å². The lowest BCUT2D eigenvalue weighted by molar-refractivity contribution is 0.0433. The smallest absolute Gasteiger partial charge is 0.434 e. The lowest BCUT2D eigenvalue weighted by Crippen LogP contribution is -2.14. The molecule has 0 aliphatic carbocycles. The van der Waals surface area contributed by atoms with E-state index >= 15 is 0 Å². The summed E-state index contributed by atoms with van der Waals surface area (Å²) in [5.74, 6) is 0. The monoisotopic (exact) mass is 174 g/mol. The van der Waals surface area contributed by atoms with Gasteiger partial charge in [-0.25, -0.2) is 9.59 Å². The highest BCUT2D eigenvalue weighted by Gasteiger charge is 2.10. The highest BCUT2D eigenvalue weighted by molar-refractivity contribution is 5.76. The molecule has 0 radical (unpaired) electrons. The van der Waals surface area contributed by atoms with Crippen molar-refractivity contribution in [3.63, 3.8) is 0 Å². The lowest BCUT2D eigenvalue weighted by atomic mass is 10.7. The number of carbonyl (C=O) groups excluding carboxylic acids is 2. The van der Waals surface area contributed by atoms with Crippen molar-refractivity contribution in [1.29, 1.82) is 0 Å². The molecule has 0 aromatic carbocycles. The molecule has 0 rings (SSSR count). The minimum Gasteiger partial charge on any atom is -0.434 e. The van der Waals surface area contributed by atoms with Gasteiger partial charge in [-0.2, -0.15) is 0 Å². The highest BCUT2D eigenvalue weighted by atomic mass is 16.8. The van der Waals surface area contributed by atoms with Crippen LogP contribution in [0.4, 0.5) is 9.59 Å². The molecule has 0 aliphatic heterocycles. The summed E-state index contributed by atoms with van der Waals surface area (Å²) in [4.78, 5) is 20.9. The first-order chi connectivity index (χ1) is 5.70. The molecule has 0 saturated heterocycles. The third-order valence-electron chi connectivity index (χ3n) is 0.748. The van der Waals surface area contributed by atoms with E-state index in [9.17, 15) is 9.59 Å². The minimum absolute atomic E-state index is 0.00175. The molecule has 0 unspecified atom stereocenters. The highest BCUT2D eigenvalue weighted by Crippen LogP contribution is 1.90. The first kappa shape index (κ1) is 10.5. The van der Waals surface area contributed by atoms with Gasteiger partial charge in [-0.15, -0.1) is 0 Å². The van der Waals surface area contributed by atoms with Crippen LogP contribution in [0.2, 0.25) is 0 Å². The zero-order valence-electron chi connectivity index (χ0n) is 6.74. The van der Waals surface area contributed by atoms with Gasteiger partial charge in [0.25, 0.3) is 0 Å². The summed E-state index contributed by atoms with van der Waals surface area (Å²) in [6.45, 7) is 5.04. The maximum Gasteiger partial charge on any atom is 0.518 e. The summed E-state index contributed by atoms with van der Waals surface area (Å²) < 4.78 is 12.7. The molecule has 0 bridgehead atoms. The Morgan fingerprint density at radius 2 is 1.92 bits per heavy atom. The fraction of sp³-hybridized carbons (Fsp3) is 0.429. The fourth-order valence-electron chi connectivity index (χ4n) is 0.372. The molecule has 0 N–H and O–H groups in total. The van der Waals surface area contributed by atoms with Crippen LogP contribution in [0.25, 0.3) is 0 Å². The fourth-order valence-corrected chi connectivity index (χ4v) is 0.372. The zero-order chi connectivity index (χ0) is 9.40. The van der Waals surface area contributed by atoms with E-state index in [2.05, 4.69) is 20.8 Å². The van der Waals surface area contributed by atoms with E-state index in [-0.39, 0.29) is 13.2 Å². The maximum absolute atomic E-state index is 10.5. The lowest BCUT2D eigenvalue weighted by Gasteiger charge is -2.01. The number of hydrogen-bond acceptors (Lipinski definition) is 5. The van der Waals surface area contributed by atoms with Crippen LogP contribution in [0.1, 0.15) is 6.92 Å². The molecule has 5 heteroatoms. The Labute approximate surface area is 69.9 Å². The van der Waals surface area contributed by atoms with E-state index in [0.717, 1.165) is 0 Å². The Morgan fingerprint density at radius 3 is 2.42 bits per heavy atom. The number of ether oxygens (including phenoxy) is 3. The number of carbonyl (C=O) groups is 2. The summed E-state index contributed by atoms with van der Waals surface area (Å²) >= 11 is 0. The molecule has 0 aliphatic rings. The van der Waals surface area contributed by atoms with Gasteiger partial charge in [0.05, 0.1) is 6.61 Å². The average molecular weight is 174 g/mol. The molecule has 0 spiro atoms. The van der Waals surface area contributed by atoms with Crippen molar-refractivity contribution < 1.29 is 23.8 Å². The van der Waals surface area contributed by atoms with E-state index in [0.29, 0.717) is 0 Å². The van der Waals surface area contributed by atoms with Gasteiger partial charge in [-0.3, -0.25) is 0 Å². The predicted octanol–water partition coefficient (Wildman–Crippen LogP) is 1.48. The van der Waals surface area contributed by atoms with Gasteiger partial charge in [0, 0.05) is 0 Å². The summed E-state index contributed by atoms with van der Waals surface area (Å²) in [5, 5.41) is 0. The third kappa shape index (κ3) is 5.28. The second-order valence-corrected chi connectivity index (χ2v) is 1.63. The first-order valence-corrected chi connectivity index (χ1v) is 3.33. The summed E-state index contributed by atoms with van der Waals surface area (Å²) in [5.41, 5.74) is 0. The van der Waals surface area contributed by atoms with Crippen molar-refractivity contribution >= 4 is 12.3 Å². The average Bonchev–Trinajstić information content (AvgIpc) is 2.01. The third-order valence-corrected chi connectivity index (χ3v) is 0.748. The quantitative estimate of drug-likeness (QED) is 0.368. The van der Waals surface area contributed by atoms with Crippen LogP contribution < -0.4 is 0 Å². The molecule has 0 fully saturated rings. The molecule has 68 valence electrons. The Bertz CT molecular complexity index is 175. The molecule has 0 atom stereocenters. The topological polar surface area (TPSA) is 61.8 Å². The van der Waals surface area contributed by atoms with E-state index in [4.69, 9.17) is 0 Å². The van der Waals surface area contributed by atoms with Gasteiger partial charge in [0.15, 0.2) is 0 Å². The van der Waals surface area contributed by atoms with E-state index in [1.165, 1.54) is 6.08 Å². The van der Waals surface area contributed by atoms with Crippen molar-refractivity contribution in [3.8, 4) is 0 Å². The Hall–Kier alpha value is -1.52. The van der Waals surface area contributed by atoms with Gasteiger partial charge in [0.1, 0.15) is 6.61 Å². The van der Waals surface area contributed by atoms with Crippen molar-refractivity contribution in [3.05, 3.63) is 12.7 Å². The molecular weight excluding hydrogens is 164 g/mol. The van der Waals surface area contributed by atoms with Crippen LogP contribution in [-0.4, -0.2) is 25.5 Å². The molecule has 0 saturated carbocycles. The van der Waals surface area contributed by atoms with E-state index in [1.54, 1.807) is 6.92 Å². The summed E-state index contributed by atoms with van der Waals surface area (Å²) in [6, 6.07) is 0. The maximum atomic E-state index is 10.5. The molecular formula is C7H10O5. The summed E-state index contributed by atoms with van der Waals surface area (Å²) in [7, 11) is 0. The van der Waals surface area contributed by atoms with Crippen LogP contribution in [0.5, 0.6) is 0 Å². The Kier molecular flexibility index (Phi) is 5.42. The van der Waals surface area contributed by atoms with Crippen LogP contribution in [0, 0.1) is 0 Å². The standard InChI is InChI=1S/C7H10O5/c1-3-5-11-7(9)12-6(8)10-4-2/h3H,1,4-5H2,2H3. The zero-order valence-corrected chi connectivity index (χ0v) is 6.74. The van der Waals surface area contributed by atoms with Crippen molar-refractivity contribution in [2.24, 2.45) is 0 Å². The predicted molar refractivity (Wildman–Crippen MR) is 39.7 cm³/mol. The molecule has 0 heterocycles. The van der Waals surface area contributed by atoms with Crippen LogP contribution in [0.3, 0.4) is 0 Å². The first-order valence-electron chi connectivity index (χ1n) is 3.33. The van der Waals surface area contributed by atoms with Crippen molar-refractivity contribution in [1.82, 2.24) is 0 Å². The van der Waals surface area contributed by atoms with E-state index in [1.807, 2.05) is 0 Å². The second-order valence-electron chi connectivity index (χ2n) is 1.63. The Morgan fingerprint density at radius 1 is 1.33 bits per heavy atom. The second kappa shape index (κ2) is 6.21. The molecule has 12 heavy (non-hydrogen) atoms. The van der Waals surface area contributed by atoms with Crippen molar-refractivity contribution in [2.45, 2.75) is 6.92 Å². The van der Waals surface area contributed by atoms with Crippen LogP contribution in [0.15, 0.2) is 12.7 Å². The normalized spacial score (nSPS) is 8.42. The molecule has 0 aromatic rings.